The molecule has 1 aliphatic heterocycles. The number of allylic oxidation sites excluding steroid dienone is 5. The molecular weight excluding hydrogens is 534 g/mol. The van der Waals surface area contributed by atoms with Gasteiger partial charge < -0.3 is 14.4 Å². The van der Waals surface area contributed by atoms with Gasteiger partial charge in [0.2, 0.25) is 0 Å². The number of ketones is 2. The highest BCUT2D eigenvalue weighted by atomic mass is 16.5. The summed E-state index contributed by atoms with van der Waals surface area (Å²) < 4.78 is 12.1. The quantitative estimate of drug-likeness (QED) is 0.226. The van der Waals surface area contributed by atoms with Crippen molar-refractivity contribution in [2.24, 2.45) is 10.8 Å². The first-order valence-electron chi connectivity index (χ1n) is 15.3. The standard InChI is InChI=1S/C38H43NO4/c1-8-14-26-18-27(19-32(42-10-3)36(26)43-17-9-2)33-34-28(20-37(4,5)22-30(34)40)39(24-25-15-12-11-13-16-25)29-21-38(6,7)23-31(41)35(29)33/h2,8,11-13,15-16,18-19,33H,1,10,14,17,20-24H2,3-7H3. The van der Waals surface area contributed by atoms with E-state index in [2.05, 4.69) is 63.3 Å². The molecule has 2 aliphatic carbocycles. The summed E-state index contributed by atoms with van der Waals surface area (Å²) >= 11 is 0. The van der Waals surface area contributed by atoms with Crippen LogP contribution in [0, 0.1) is 23.2 Å². The van der Waals surface area contributed by atoms with E-state index in [1.165, 1.54) is 0 Å². The molecule has 2 aromatic carbocycles. The van der Waals surface area contributed by atoms with Crippen molar-refractivity contribution in [1.29, 1.82) is 0 Å². The van der Waals surface area contributed by atoms with E-state index in [1.807, 2.05) is 37.3 Å². The van der Waals surface area contributed by atoms with Crippen LogP contribution in [0.25, 0.3) is 0 Å². The lowest BCUT2D eigenvalue weighted by Crippen LogP contribution is -2.44. The molecule has 3 aliphatic rings. The second-order valence-electron chi connectivity index (χ2n) is 13.5. The highest BCUT2D eigenvalue weighted by molar-refractivity contribution is 6.06. The van der Waals surface area contributed by atoms with Crippen molar-refractivity contribution in [1.82, 2.24) is 4.90 Å². The monoisotopic (exact) mass is 577 g/mol. The van der Waals surface area contributed by atoms with Gasteiger partial charge in [0, 0.05) is 53.4 Å². The molecule has 1 heterocycles. The predicted octanol–water partition coefficient (Wildman–Crippen LogP) is 7.71. The first-order chi connectivity index (χ1) is 20.5. The van der Waals surface area contributed by atoms with Crippen molar-refractivity contribution in [3.63, 3.8) is 0 Å². The Labute approximate surface area is 256 Å². The van der Waals surface area contributed by atoms with E-state index >= 15 is 0 Å². The van der Waals surface area contributed by atoms with Crippen LogP contribution in [-0.2, 0) is 22.6 Å². The third kappa shape index (κ3) is 6.07. The molecule has 0 radical (unpaired) electrons. The number of hydrogen-bond acceptors (Lipinski definition) is 5. The average Bonchev–Trinajstić information content (AvgIpc) is 2.93. The lowest BCUT2D eigenvalue weighted by Gasteiger charge is -2.49. The minimum Gasteiger partial charge on any atom is -0.490 e. The zero-order valence-corrected chi connectivity index (χ0v) is 26.2. The summed E-state index contributed by atoms with van der Waals surface area (Å²) in [6.07, 6.45) is 10.3. The lowest BCUT2D eigenvalue weighted by atomic mass is 9.63. The van der Waals surface area contributed by atoms with Crippen molar-refractivity contribution >= 4 is 11.6 Å². The molecule has 0 N–H and O–H groups in total. The van der Waals surface area contributed by atoms with Gasteiger partial charge in [-0.2, -0.15) is 0 Å². The molecule has 5 heteroatoms. The Hall–Kier alpha value is -4.04. The fourth-order valence-electron chi connectivity index (χ4n) is 7.04. The number of ether oxygens (including phenoxy) is 2. The fourth-order valence-corrected chi connectivity index (χ4v) is 7.04. The molecule has 0 unspecified atom stereocenters. The molecule has 0 aromatic heterocycles. The van der Waals surface area contributed by atoms with Gasteiger partial charge in [-0.05, 0) is 54.2 Å². The average molecular weight is 578 g/mol. The van der Waals surface area contributed by atoms with Gasteiger partial charge in [0.05, 0.1) is 6.61 Å². The van der Waals surface area contributed by atoms with Gasteiger partial charge in [0.15, 0.2) is 23.1 Å². The zero-order valence-electron chi connectivity index (χ0n) is 26.2. The van der Waals surface area contributed by atoms with Crippen LogP contribution in [0.4, 0.5) is 0 Å². The first kappa shape index (κ1) is 30.4. The van der Waals surface area contributed by atoms with Crippen LogP contribution in [0.15, 0.2) is 77.7 Å². The maximum Gasteiger partial charge on any atom is 0.166 e. The van der Waals surface area contributed by atoms with Crippen molar-refractivity contribution < 1.29 is 19.1 Å². The number of nitrogens with zero attached hydrogens (tertiary/aromatic N) is 1. The van der Waals surface area contributed by atoms with E-state index in [9.17, 15) is 9.59 Å². The second-order valence-corrected chi connectivity index (χ2v) is 13.5. The van der Waals surface area contributed by atoms with Crippen molar-refractivity contribution in [3.8, 4) is 23.8 Å². The Bertz CT molecular complexity index is 1500. The molecule has 0 spiro atoms. The second kappa shape index (κ2) is 11.9. The van der Waals surface area contributed by atoms with Gasteiger partial charge in [-0.15, -0.1) is 13.0 Å². The minimum atomic E-state index is -0.478. The third-order valence-corrected chi connectivity index (χ3v) is 8.66. The zero-order chi connectivity index (χ0) is 30.9. The molecule has 0 saturated heterocycles. The molecule has 0 fully saturated rings. The van der Waals surface area contributed by atoms with Gasteiger partial charge in [0.1, 0.15) is 6.61 Å². The molecule has 5 nitrogen and oxygen atoms in total. The summed E-state index contributed by atoms with van der Waals surface area (Å²) in [5.41, 5.74) is 6.05. The Morgan fingerprint density at radius 2 is 1.56 bits per heavy atom. The summed E-state index contributed by atoms with van der Waals surface area (Å²) in [6, 6.07) is 14.3. The third-order valence-electron chi connectivity index (χ3n) is 8.66. The summed E-state index contributed by atoms with van der Waals surface area (Å²) in [6.45, 7) is 15.7. The molecule has 0 bridgehead atoms. The Morgan fingerprint density at radius 3 is 2.09 bits per heavy atom. The normalized spacial score (nSPS) is 19.5. The van der Waals surface area contributed by atoms with Crippen LogP contribution in [0.2, 0.25) is 0 Å². The Morgan fingerprint density at radius 1 is 0.953 bits per heavy atom. The molecule has 2 aromatic rings. The topological polar surface area (TPSA) is 55.8 Å². The number of terminal acetylenes is 1. The molecule has 224 valence electrons. The van der Waals surface area contributed by atoms with Crippen LogP contribution in [-0.4, -0.2) is 29.7 Å². The number of carbonyl (C=O) groups is 2. The van der Waals surface area contributed by atoms with E-state index < -0.39 is 5.92 Å². The fraction of sp³-hybridized carbons (Fsp3) is 0.421. The molecule has 5 rings (SSSR count). The Kier molecular flexibility index (Phi) is 8.43. The largest absolute Gasteiger partial charge is 0.490 e. The van der Waals surface area contributed by atoms with Crippen LogP contribution in [0.5, 0.6) is 11.5 Å². The highest BCUT2D eigenvalue weighted by Gasteiger charge is 2.49. The van der Waals surface area contributed by atoms with Gasteiger partial charge >= 0.3 is 0 Å². The van der Waals surface area contributed by atoms with Crippen molar-refractivity contribution in [3.05, 3.63) is 94.4 Å². The van der Waals surface area contributed by atoms with E-state index in [4.69, 9.17) is 15.9 Å². The number of carbonyl (C=O) groups excluding carboxylic acids is 2. The maximum absolute atomic E-state index is 14.3. The van der Waals surface area contributed by atoms with Gasteiger partial charge in [-0.25, -0.2) is 0 Å². The van der Waals surface area contributed by atoms with Gasteiger partial charge in [-0.3, -0.25) is 9.59 Å². The molecule has 0 atom stereocenters. The minimum absolute atomic E-state index is 0.104. The summed E-state index contributed by atoms with van der Waals surface area (Å²) in [5.74, 6) is 3.43. The number of rotatable bonds is 9. The SMILES string of the molecule is C#CCOc1c(CC=C)cc(C2C3=C(CC(C)(C)CC3=O)N(Cc3ccccc3)C3=C2C(=O)CC(C)(C)C3)cc1OCC. The van der Waals surface area contributed by atoms with Crippen LogP contribution >= 0.6 is 0 Å². The summed E-state index contributed by atoms with van der Waals surface area (Å²) in [4.78, 5) is 30.8. The number of Topliss-reactive ketones (excluding diaryl/α,β-unsaturated/α-hetero) is 2. The number of hydrogen-bond donors (Lipinski definition) is 0. The van der Waals surface area contributed by atoms with E-state index in [-0.39, 0.29) is 29.0 Å². The smallest absolute Gasteiger partial charge is 0.166 e. The maximum atomic E-state index is 14.3. The lowest BCUT2D eigenvalue weighted by molar-refractivity contribution is -0.119. The van der Waals surface area contributed by atoms with Crippen molar-refractivity contribution in [2.45, 2.75) is 79.2 Å². The van der Waals surface area contributed by atoms with Crippen LogP contribution in [0.3, 0.4) is 0 Å². The van der Waals surface area contributed by atoms with Crippen LogP contribution < -0.4 is 9.47 Å². The highest BCUT2D eigenvalue weighted by Crippen LogP contribution is 2.55. The van der Waals surface area contributed by atoms with E-state index in [0.717, 1.165) is 52.1 Å². The molecule has 43 heavy (non-hydrogen) atoms. The van der Waals surface area contributed by atoms with Crippen molar-refractivity contribution in [2.75, 3.05) is 13.2 Å². The molecule has 0 saturated carbocycles. The summed E-state index contributed by atoms with van der Waals surface area (Å²) in [7, 11) is 0. The number of benzene rings is 2. The molecule has 0 amide bonds. The van der Waals surface area contributed by atoms with Gasteiger partial charge in [0.25, 0.3) is 0 Å². The van der Waals surface area contributed by atoms with Gasteiger partial charge in [-0.1, -0.05) is 76.1 Å². The molecular formula is C38H43NO4. The predicted molar refractivity (Wildman–Crippen MR) is 171 cm³/mol. The summed E-state index contributed by atoms with van der Waals surface area (Å²) in [5, 5.41) is 0. The van der Waals surface area contributed by atoms with E-state index in [1.54, 1.807) is 0 Å². The first-order valence-corrected chi connectivity index (χ1v) is 15.3. The Balaban J connectivity index is 1.79. The van der Waals surface area contributed by atoms with E-state index in [0.29, 0.717) is 43.9 Å². The van der Waals surface area contributed by atoms with Crippen LogP contribution in [0.1, 0.15) is 82.9 Å².